The van der Waals surface area contributed by atoms with Crippen molar-refractivity contribution in [2.24, 2.45) is 10.9 Å². The van der Waals surface area contributed by atoms with E-state index in [1.165, 1.54) is 0 Å². The zero-order valence-electron chi connectivity index (χ0n) is 10.7. The van der Waals surface area contributed by atoms with Crippen LogP contribution in [0.1, 0.15) is 17.0 Å². The highest BCUT2D eigenvalue weighted by Gasteiger charge is 2.11. The molecule has 0 unspecified atom stereocenters. The Labute approximate surface area is 110 Å². The lowest BCUT2D eigenvalue weighted by molar-refractivity contribution is 0.318. The first kappa shape index (κ1) is 12.8. The average Bonchev–Trinajstić information content (AvgIpc) is 2.41. The maximum absolute atomic E-state index is 8.75. The van der Waals surface area contributed by atoms with Crippen molar-refractivity contribution in [3.8, 4) is 11.6 Å². The van der Waals surface area contributed by atoms with Gasteiger partial charge in [-0.2, -0.15) is 0 Å². The van der Waals surface area contributed by atoms with Crippen molar-refractivity contribution in [1.29, 1.82) is 0 Å². The molecule has 6 heteroatoms. The summed E-state index contributed by atoms with van der Waals surface area (Å²) >= 11 is 0. The molecule has 3 N–H and O–H groups in total. The first-order valence-corrected chi connectivity index (χ1v) is 5.66. The van der Waals surface area contributed by atoms with Gasteiger partial charge in [-0.3, -0.25) is 4.98 Å². The van der Waals surface area contributed by atoms with E-state index in [2.05, 4.69) is 15.1 Å². The van der Waals surface area contributed by atoms with E-state index in [9.17, 15) is 0 Å². The van der Waals surface area contributed by atoms with Gasteiger partial charge < -0.3 is 15.7 Å². The van der Waals surface area contributed by atoms with E-state index in [1.54, 1.807) is 24.4 Å². The Hall–Kier alpha value is -2.63. The number of rotatable bonds is 3. The van der Waals surface area contributed by atoms with Crippen molar-refractivity contribution in [2.45, 2.75) is 13.8 Å². The number of hydrogen-bond donors (Lipinski definition) is 2. The monoisotopic (exact) mass is 258 g/mol. The number of aromatic nitrogens is 2. The smallest absolute Gasteiger partial charge is 0.230 e. The summed E-state index contributed by atoms with van der Waals surface area (Å²) in [6, 6.07) is 7.05. The molecule has 0 bridgehead atoms. The molecule has 2 rings (SSSR count). The molecule has 0 amide bonds. The lowest BCUT2D eigenvalue weighted by atomic mass is 10.2. The van der Waals surface area contributed by atoms with Crippen LogP contribution in [0, 0.1) is 13.8 Å². The highest BCUT2D eigenvalue weighted by atomic mass is 16.5. The molecule has 0 saturated carbocycles. The third-order valence-electron chi connectivity index (χ3n) is 2.48. The zero-order chi connectivity index (χ0) is 13.8. The highest BCUT2D eigenvalue weighted by Crippen LogP contribution is 2.23. The van der Waals surface area contributed by atoms with Gasteiger partial charge in [0.2, 0.25) is 5.88 Å². The second-order valence-corrected chi connectivity index (χ2v) is 4.03. The molecule has 0 fully saturated rings. The van der Waals surface area contributed by atoms with Crippen LogP contribution in [0.15, 0.2) is 35.6 Å². The van der Waals surface area contributed by atoms with Gasteiger partial charge in [0.25, 0.3) is 0 Å². The number of ether oxygens (including phenoxy) is 1. The maximum atomic E-state index is 8.75. The van der Waals surface area contributed by atoms with Crippen molar-refractivity contribution in [3.05, 3.63) is 47.4 Å². The average molecular weight is 258 g/mol. The van der Waals surface area contributed by atoms with Gasteiger partial charge in [-0.15, -0.1) is 0 Å². The fourth-order valence-corrected chi connectivity index (χ4v) is 1.49. The fourth-order valence-electron chi connectivity index (χ4n) is 1.49. The minimum Gasteiger partial charge on any atom is -0.437 e. The van der Waals surface area contributed by atoms with E-state index >= 15 is 0 Å². The summed E-state index contributed by atoms with van der Waals surface area (Å²) in [6.45, 7) is 3.72. The molecular formula is C13H14N4O2. The van der Waals surface area contributed by atoms with Crippen molar-refractivity contribution >= 4 is 5.84 Å². The van der Waals surface area contributed by atoms with Gasteiger partial charge in [-0.25, -0.2) is 4.98 Å². The first-order chi connectivity index (χ1) is 9.10. The van der Waals surface area contributed by atoms with E-state index in [0.717, 1.165) is 11.4 Å². The lowest BCUT2D eigenvalue weighted by Crippen LogP contribution is -2.15. The molecule has 0 aliphatic heterocycles. The van der Waals surface area contributed by atoms with Crippen LogP contribution in [0.5, 0.6) is 11.6 Å². The van der Waals surface area contributed by atoms with Crippen LogP contribution in [0.25, 0.3) is 0 Å². The van der Waals surface area contributed by atoms with Gasteiger partial charge in [0.1, 0.15) is 5.75 Å². The quantitative estimate of drug-likeness (QED) is 0.380. The second kappa shape index (κ2) is 5.34. The van der Waals surface area contributed by atoms with E-state index in [4.69, 9.17) is 15.7 Å². The number of nitrogens with zero attached hydrogens (tertiary/aromatic N) is 3. The number of oxime groups is 1. The summed E-state index contributed by atoms with van der Waals surface area (Å²) in [7, 11) is 0. The van der Waals surface area contributed by atoms with Crippen molar-refractivity contribution in [3.63, 3.8) is 0 Å². The number of pyridine rings is 2. The van der Waals surface area contributed by atoms with Crippen LogP contribution >= 0.6 is 0 Å². The summed E-state index contributed by atoms with van der Waals surface area (Å²) < 4.78 is 5.62. The third kappa shape index (κ3) is 2.98. The Kier molecular flexibility index (Phi) is 3.61. The van der Waals surface area contributed by atoms with E-state index < -0.39 is 0 Å². The molecule has 0 atom stereocenters. The molecule has 98 valence electrons. The second-order valence-electron chi connectivity index (χ2n) is 4.03. The van der Waals surface area contributed by atoms with E-state index in [1.807, 2.05) is 19.9 Å². The topological polar surface area (TPSA) is 93.6 Å². The molecule has 6 nitrogen and oxygen atoms in total. The summed E-state index contributed by atoms with van der Waals surface area (Å²) in [5, 5.41) is 11.7. The Morgan fingerprint density at radius 2 is 1.95 bits per heavy atom. The number of hydrogen-bond acceptors (Lipinski definition) is 5. The van der Waals surface area contributed by atoms with Crippen molar-refractivity contribution in [1.82, 2.24) is 9.97 Å². The minimum atomic E-state index is -0.0532. The molecule has 2 heterocycles. The molecule has 0 aliphatic rings. The molecule has 2 aromatic rings. The Morgan fingerprint density at radius 3 is 2.58 bits per heavy atom. The standard InChI is InChI=1S/C13H14N4O2/c1-8-3-5-10(7-15-8)19-13-11(12(14)17-18)6-4-9(2)16-13/h3-7,18H,1-2H3,(H2,14,17). The number of nitrogens with two attached hydrogens (primary N) is 1. The highest BCUT2D eigenvalue weighted by molar-refractivity contribution is 5.99. The molecule has 19 heavy (non-hydrogen) atoms. The van der Waals surface area contributed by atoms with Crippen LogP contribution in [-0.2, 0) is 0 Å². The molecular weight excluding hydrogens is 244 g/mol. The minimum absolute atomic E-state index is 0.0532. The van der Waals surface area contributed by atoms with Crippen molar-refractivity contribution < 1.29 is 9.94 Å². The molecule has 0 saturated heterocycles. The SMILES string of the molecule is Cc1ccc(Oc2nc(C)ccc2C(N)=NO)cn1. The maximum Gasteiger partial charge on any atom is 0.230 e. The van der Waals surface area contributed by atoms with Crippen LogP contribution in [0.3, 0.4) is 0 Å². The summed E-state index contributed by atoms with van der Waals surface area (Å²) in [5.74, 6) is 0.763. The summed E-state index contributed by atoms with van der Waals surface area (Å²) in [5.41, 5.74) is 7.67. The molecule has 0 aromatic carbocycles. The summed E-state index contributed by atoms with van der Waals surface area (Å²) in [4.78, 5) is 8.37. The largest absolute Gasteiger partial charge is 0.437 e. The molecule has 0 aliphatic carbocycles. The first-order valence-electron chi connectivity index (χ1n) is 5.66. The van der Waals surface area contributed by atoms with Gasteiger partial charge in [0.15, 0.2) is 5.84 Å². The lowest BCUT2D eigenvalue weighted by Gasteiger charge is -2.09. The van der Waals surface area contributed by atoms with Gasteiger partial charge >= 0.3 is 0 Å². The van der Waals surface area contributed by atoms with Gasteiger partial charge in [-0.05, 0) is 38.1 Å². The van der Waals surface area contributed by atoms with E-state index in [0.29, 0.717) is 11.3 Å². The van der Waals surface area contributed by atoms with Crippen LogP contribution in [0.4, 0.5) is 0 Å². The van der Waals surface area contributed by atoms with Crippen LogP contribution in [0.2, 0.25) is 0 Å². The van der Waals surface area contributed by atoms with Crippen LogP contribution < -0.4 is 10.5 Å². The fraction of sp³-hybridized carbons (Fsp3) is 0.154. The van der Waals surface area contributed by atoms with Gasteiger partial charge in [0, 0.05) is 11.4 Å². The molecule has 0 spiro atoms. The number of aryl methyl sites for hydroxylation is 2. The van der Waals surface area contributed by atoms with Gasteiger partial charge in [0.05, 0.1) is 11.8 Å². The molecule has 0 radical (unpaired) electrons. The zero-order valence-corrected chi connectivity index (χ0v) is 10.7. The Morgan fingerprint density at radius 1 is 1.21 bits per heavy atom. The summed E-state index contributed by atoms with van der Waals surface area (Å²) in [6.07, 6.45) is 1.59. The van der Waals surface area contributed by atoms with Crippen molar-refractivity contribution in [2.75, 3.05) is 0 Å². The predicted molar refractivity (Wildman–Crippen MR) is 70.5 cm³/mol. The van der Waals surface area contributed by atoms with Gasteiger partial charge in [-0.1, -0.05) is 5.16 Å². The number of amidine groups is 1. The third-order valence-corrected chi connectivity index (χ3v) is 2.48. The predicted octanol–water partition coefficient (Wildman–Crippen LogP) is 1.98. The van der Waals surface area contributed by atoms with E-state index in [-0.39, 0.29) is 11.7 Å². The normalized spacial score (nSPS) is 11.4. The Balaban J connectivity index is 2.38. The molecule has 2 aromatic heterocycles. The Bertz CT molecular complexity index is 609. The van der Waals surface area contributed by atoms with Crippen LogP contribution in [-0.4, -0.2) is 21.0 Å².